The number of amides is 2. The number of benzene rings is 2. The average molecular weight is 436 g/mol. The molecule has 2 amide bonds. The van der Waals surface area contributed by atoms with Gasteiger partial charge in [-0.15, -0.1) is 0 Å². The number of carbonyl (C=O) groups is 2. The maximum atomic E-state index is 12.7. The lowest BCUT2D eigenvalue weighted by molar-refractivity contribution is -0.117. The minimum Gasteiger partial charge on any atom is -0.348 e. The molecular weight excluding hydrogens is 414 g/mol. The highest BCUT2D eigenvalue weighted by molar-refractivity contribution is 7.89. The van der Waals surface area contributed by atoms with Crippen molar-refractivity contribution in [2.45, 2.75) is 24.3 Å². The largest absolute Gasteiger partial charge is 0.348 e. The third kappa shape index (κ3) is 4.44. The molecule has 1 aliphatic heterocycles. The lowest BCUT2D eigenvalue weighted by atomic mass is 10.1. The summed E-state index contributed by atoms with van der Waals surface area (Å²) in [5.41, 5.74) is 1.34. The summed E-state index contributed by atoms with van der Waals surface area (Å²) in [6, 6.07) is 11.3. The zero-order valence-electron chi connectivity index (χ0n) is 16.2. The number of carbonyl (C=O) groups excluding carboxylic acids is 2. The van der Waals surface area contributed by atoms with Crippen LogP contribution in [0.15, 0.2) is 47.4 Å². The smallest absolute Gasteiger partial charge is 0.251 e. The number of sulfonamides is 1. The van der Waals surface area contributed by atoms with E-state index in [2.05, 4.69) is 5.32 Å². The first-order valence-electron chi connectivity index (χ1n) is 9.10. The van der Waals surface area contributed by atoms with Crippen molar-refractivity contribution in [3.05, 3.63) is 58.6 Å². The van der Waals surface area contributed by atoms with E-state index < -0.39 is 10.0 Å². The standard InChI is InChI=1S/C20H22ClN3O4S/c1-23(2)29(27,28)18-7-4-3-6-15(18)13-22-20(26)14-9-10-16(21)17(12-14)24-11-5-8-19(24)25/h3-4,6-7,9-10,12H,5,8,11,13H2,1-2H3,(H,22,26). The van der Waals surface area contributed by atoms with Crippen LogP contribution in [0.2, 0.25) is 5.02 Å². The SMILES string of the molecule is CN(C)S(=O)(=O)c1ccccc1CNC(=O)c1ccc(Cl)c(N2CCCC2=O)c1. The van der Waals surface area contributed by atoms with E-state index in [1.807, 2.05) is 0 Å². The highest BCUT2D eigenvalue weighted by Gasteiger charge is 2.25. The first-order chi connectivity index (χ1) is 13.7. The fraction of sp³-hybridized carbons (Fsp3) is 0.300. The van der Waals surface area contributed by atoms with Gasteiger partial charge in [-0.3, -0.25) is 9.59 Å². The number of halogens is 1. The molecule has 0 bridgehead atoms. The summed E-state index contributed by atoms with van der Waals surface area (Å²) in [6.07, 6.45) is 1.21. The molecule has 2 aromatic carbocycles. The van der Waals surface area contributed by atoms with Crippen molar-refractivity contribution in [1.29, 1.82) is 0 Å². The van der Waals surface area contributed by atoms with E-state index in [-0.39, 0.29) is 23.3 Å². The van der Waals surface area contributed by atoms with Gasteiger partial charge in [-0.2, -0.15) is 0 Å². The van der Waals surface area contributed by atoms with Crippen molar-refractivity contribution in [2.24, 2.45) is 0 Å². The number of rotatable bonds is 6. The monoisotopic (exact) mass is 435 g/mol. The van der Waals surface area contributed by atoms with Gasteiger partial charge >= 0.3 is 0 Å². The normalized spacial score (nSPS) is 14.5. The molecule has 0 aromatic heterocycles. The Labute approximate surface area is 175 Å². The predicted molar refractivity (Wildman–Crippen MR) is 112 cm³/mol. The van der Waals surface area contributed by atoms with Gasteiger partial charge in [0.15, 0.2) is 0 Å². The number of nitrogens with zero attached hydrogens (tertiary/aromatic N) is 2. The van der Waals surface area contributed by atoms with Gasteiger partial charge in [0, 0.05) is 39.2 Å². The first kappa shape index (κ1) is 21.3. The minimum atomic E-state index is -3.63. The fourth-order valence-corrected chi connectivity index (χ4v) is 4.47. The van der Waals surface area contributed by atoms with Crippen LogP contribution in [0.3, 0.4) is 0 Å². The summed E-state index contributed by atoms with van der Waals surface area (Å²) in [6.45, 7) is 0.613. The van der Waals surface area contributed by atoms with Crippen LogP contribution < -0.4 is 10.2 Å². The van der Waals surface area contributed by atoms with Crippen molar-refractivity contribution in [3.8, 4) is 0 Å². The molecule has 2 aromatic rings. The molecule has 154 valence electrons. The molecule has 1 N–H and O–H groups in total. The third-order valence-corrected chi connectivity index (χ3v) is 6.98. The van der Waals surface area contributed by atoms with Crippen LogP contribution in [0.1, 0.15) is 28.8 Å². The molecule has 3 rings (SSSR count). The van der Waals surface area contributed by atoms with Crippen LogP contribution >= 0.6 is 11.6 Å². The predicted octanol–water partition coefficient (Wildman–Crippen LogP) is 2.65. The quantitative estimate of drug-likeness (QED) is 0.755. The van der Waals surface area contributed by atoms with Crippen molar-refractivity contribution >= 4 is 39.1 Å². The van der Waals surface area contributed by atoms with Crippen molar-refractivity contribution in [1.82, 2.24) is 9.62 Å². The molecule has 9 heteroatoms. The highest BCUT2D eigenvalue weighted by Crippen LogP contribution is 2.30. The Balaban J connectivity index is 1.80. The second-order valence-electron chi connectivity index (χ2n) is 6.89. The van der Waals surface area contributed by atoms with E-state index in [9.17, 15) is 18.0 Å². The summed E-state index contributed by atoms with van der Waals surface area (Å²) in [7, 11) is -0.713. The van der Waals surface area contributed by atoms with Crippen LogP contribution in [0.25, 0.3) is 0 Å². The molecule has 1 heterocycles. The summed E-state index contributed by atoms with van der Waals surface area (Å²) >= 11 is 6.22. The van der Waals surface area contributed by atoms with Crippen LogP contribution in [0, 0.1) is 0 Å². The molecule has 0 radical (unpaired) electrons. The Bertz CT molecular complexity index is 1050. The Morgan fingerprint density at radius 3 is 2.59 bits per heavy atom. The zero-order chi connectivity index (χ0) is 21.2. The van der Waals surface area contributed by atoms with Crippen LogP contribution in [-0.2, 0) is 21.4 Å². The van der Waals surface area contributed by atoms with Gasteiger partial charge in [0.2, 0.25) is 15.9 Å². The number of nitrogens with one attached hydrogen (secondary N) is 1. The van der Waals surface area contributed by atoms with E-state index in [1.165, 1.54) is 20.2 Å². The number of anilines is 1. The Kier molecular flexibility index (Phi) is 6.26. The molecule has 0 aliphatic carbocycles. The maximum Gasteiger partial charge on any atom is 0.251 e. The highest BCUT2D eigenvalue weighted by atomic mass is 35.5. The molecule has 7 nitrogen and oxygen atoms in total. The van der Waals surface area contributed by atoms with Crippen LogP contribution in [0.4, 0.5) is 5.69 Å². The molecular formula is C20H22ClN3O4S. The maximum absolute atomic E-state index is 12.7. The van der Waals surface area contributed by atoms with E-state index in [1.54, 1.807) is 41.3 Å². The van der Waals surface area contributed by atoms with Gasteiger partial charge < -0.3 is 10.2 Å². The molecule has 0 unspecified atom stereocenters. The van der Waals surface area contributed by atoms with Gasteiger partial charge in [0.05, 0.1) is 15.6 Å². The van der Waals surface area contributed by atoms with Crippen molar-refractivity contribution in [3.63, 3.8) is 0 Å². The van der Waals surface area contributed by atoms with E-state index in [0.29, 0.717) is 34.8 Å². The van der Waals surface area contributed by atoms with Gasteiger partial charge in [0.1, 0.15) is 0 Å². The molecule has 1 fully saturated rings. The summed E-state index contributed by atoms with van der Waals surface area (Å²) < 4.78 is 26.1. The van der Waals surface area contributed by atoms with E-state index >= 15 is 0 Å². The Hall–Kier alpha value is -2.42. The second kappa shape index (κ2) is 8.52. The van der Waals surface area contributed by atoms with Crippen molar-refractivity contribution in [2.75, 3.05) is 25.5 Å². The topological polar surface area (TPSA) is 86.8 Å². The van der Waals surface area contributed by atoms with Gasteiger partial charge in [-0.25, -0.2) is 12.7 Å². The van der Waals surface area contributed by atoms with Crippen LogP contribution in [-0.4, -0.2) is 45.2 Å². The van der Waals surface area contributed by atoms with Crippen LogP contribution in [0.5, 0.6) is 0 Å². The molecule has 1 saturated heterocycles. The minimum absolute atomic E-state index is 0.0210. The van der Waals surface area contributed by atoms with E-state index in [0.717, 1.165) is 10.7 Å². The molecule has 29 heavy (non-hydrogen) atoms. The molecule has 0 spiro atoms. The van der Waals surface area contributed by atoms with Gasteiger partial charge in [0.25, 0.3) is 5.91 Å². The summed E-state index contributed by atoms with van der Waals surface area (Å²) in [4.78, 5) is 26.4. The summed E-state index contributed by atoms with van der Waals surface area (Å²) in [5.74, 6) is -0.404. The third-order valence-electron chi connectivity index (χ3n) is 4.74. The summed E-state index contributed by atoms with van der Waals surface area (Å²) in [5, 5.41) is 3.15. The van der Waals surface area contributed by atoms with E-state index in [4.69, 9.17) is 11.6 Å². The average Bonchev–Trinajstić information content (AvgIpc) is 3.12. The number of hydrogen-bond acceptors (Lipinski definition) is 4. The first-order valence-corrected chi connectivity index (χ1v) is 10.9. The number of hydrogen-bond donors (Lipinski definition) is 1. The van der Waals surface area contributed by atoms with Crippen molar-refractivity contribution < 1.29 is 18.0 Å². The Morgan fingerprint density at radius 2 is 1.93 bits per heavy atom. The van der Waals surface area contributed by atoms with Gasteiger partial charge in [-0.1, -0.05) is 29.8 Å². The fourth-order valence-electron chi connectivity index (χ4n) is 3.14. The molecule has 1 aliphatic rings. The molecule has 0 saturated carbocycles. The molecule has 0 atom stereocenters. The lowest BCUT2D eigenvalue weighted by Gasteiger charge is -2.18. The zero-order valence-corrected chi connectivity index (χ0v) is 17.8. The second-order valence-corrected chi connectivity index (χ2v) is 9.42. The lowest BCUT2D eigenvalue weighted by Crippen LogP contribution is -2.28. The Morgan fingerprint density at radius 1 is 1.21 bits per heavy atom. The van der Waals surface area contributed by atoms with Gasteiger partial charge in [-0.05, 0) is 36.2 Å².